The molecule has 4 N–H and O–H groups in total. The largest absolute Gasteiger partial charge is 0.379 e. The van der Waals surface area contributed by atoms with E-state index in [4.69, 9.17) is 20.6 Å². The first kappa shape index (κ1) is 23.7. The summed E-state index contributed by atoms with van der Waals surface area (Å²) in [4.78, 5) is 7.52. The number of nitrogens with two attached hydrogens (primary N) is 1. The van der Waals surface area contributed by atoms with Gasteiger partial charge in [-0.25, -0.2) is 4.98 Å². The number of nitrogens with one attached hydrogen (secondary N) is 2. The highest BCUT2D eigenvalue weighted by atomic mass is 16.5. The third kappa shape index (κ3) is 5.36. The molecule has 0 spiro atoms. The summed E-state index contributed by atoms with van der Waals surface area (Å²) in [5.41, 5.74) is 10.8. The monoisotopic (exact) mass is 489 g/mol. The molecule has 2 aromatic heterocycles. The molecule has 2 saturated carbocycles. The van der Waals surface area contributed by atoms with Crippen LogP contribution in [0.1, 0.15) is 68.4 Å². The van der Waals surface area contributed by atoms with Crippen molar-refractivity contribution >= 4 is 23.0 Å². The van der Waals surface area contributed by atoms with Gasteiger partial charge in [-0.3, -0.25) is 4.90 Å². The summed E-state index contributed by atoms with van der Waals surface area (Å²) in [7, 11) is 0. The number of fused-ring (bicyclic) bond motifs is 1. The second kappa shape index (κ2) is 10.7. The van der Waals surface area contributed by atoms with Gasteiger partial charge in [-0.05, 0) is 62.1 Å². The van der Waals surface area contributed by atoms with Crippen LogP contribution in [0.4, 0.5) is 17.3 Å². The first-order valence-corrected chi connectivity index (χ1v) is 13.8. The van der Waals surface area contributed by atoms with Crippen molar-refractivity contribution in [2.75, 3.05) is 36.9 Å². The maximum Gasteiger partial charge on any atom is 0.163 e. The summed E-state index contributed by atoms with van der Waals surface area (Å²) in [5.74, 6) is 2.43. The lowest BCUT2D eigenvalue weighted by Gasteiger charge is -2.27. The van der Waals surface area contributed by atoms with Gasteiger partial charge >= 0.3 is 0 Å². The Morgan fingerprint density at radius 2 is 1.72 bits per heavy atom. The SMILES string of the molecule is NC1CCC(Nc2cc(Nc3ccc(CN4CCOCC4)cc3)n3ncc(C4CCCC4)c3n2)CC1. The zero-order valence-corrected chi connectivity index (χ0v) is 21.2. The third-order valence-electron chi connectivity index (χ3n) is 8.15. The second-order valence-corrected chi connectivity index (χ2v) is 10.8. The molecule has 1 aromatic carbocycles. The highest BCUT2D eigenvalue weighted by molar-refractivity contribution is 5.66. The topological polar surface area (TPSA) is 92.7 Å². The van der Waals surface area contributed by atoms with Crippen molar-refractivity contribution in [3.8, 4) is 0 Å². The number of hydrogen-bond donors (Lipinski definition) is 3. The number of benzene rings is 1. The molecule has 0 amide bonds. The zero-order chi connectivity index (χ0) is 24.3. The molecule has 8 heteroatoms. The summed E-state index contributed by atoms with van der Waals surface area (Å²) in [6, 6.07) is 11.6. The van der Waals surface area contributed by atoms with Gasteiger partial charge in [0.2, 0.25) is 0 Å². The molecular weight excluding hydrogens is 450 g/mol. The van der Waals surface area contributed by atoms with Crippen LogP contribution in [0.25, 0.3) is 5.65 Å². The van der Waals surface area contributed by atoms with Gasteiger partial charge in [-0.15, -0.1) is 0 Å². The Labute approximate surface area is 213 Å². The molecule has 0 bridgehead atoms. The van der Waals surface area contributed by atoms with Gasteiger partial charge in [0.15, 0.2) is 5.65 Å². The molecule has 3 fully saturated rings. The number of ether oxygens (including phenoxy) is 1. The zero-order valence-electron chi connectivity index (χ0n) is 21.2. The summed E-state index contributed by atoms with van der Waals surface area (Å²) < 4.78 is 7.46. The fourth-order valence-corrected chi connectivity index (χ4v) is 6.00. The van der Waals surface area contributed by atoms with Crippen molar-refractivity contribution in [2.45, 2.75) is 75.9 Å². The Kier molecular flexibility index (Phi) is 7.07. The number of hydrogen-bond acceptors (Lipinski definition) is 7. The van der Waals surface area contributed by atoms with E-state index < -0.39 is 0 Å². The maximum atomic E-state index is 6.14. The molecule has 192 valence electrons. The standard InChI is InChI=1S/C28H39N7O/c29-22-7-11-23(12-8-22)31-26-17-27(35-28(33-26)25(18-30-35)21-3-1-2-4-21)32-24-9-5-20(6-10-24)19-34-13-15-36-16-14-34/h5-6,9-10,17-18,21-23,32H,1-4,7-8,11-16,19,29H2,(H,31,33). The van der Waals surface area contributed by atoms with E-state index in [9.17, 15) is 0 Å². The van der Waals surface area contributed by atoms with Crippen LogP contribution in [-0.2, 0) is 11.3 Å². The Bertz CT molecular complexity index is 1140. The molecule has 0 radical (unpaired) electrons. The summed E-state index contributed by atoms with van der Waals surface area (Å²) in [6.07, 6.45) is 11.4. The predicted molar refractivity (Wildman–Crippen MR) is 144 cm³/mol. The van der Waals surface area contributed by atoms with E-state index in [2.05, 4.69) is 45.9 Å². The lowest BCUT2D eigenvalue weighted by molar-refractivity contribution is 0.0342. The van der Waals surface area contributed by atoms with Crippen molar-refractivity contribution in [2.24, 2.45) is 5.73 Å². The van der Waals surface area contributed by atoms with E-state index in [1.807, 2.05) is 10.7 Å². The van der Waals surface area contributed by atoms with Crippen LogP contribution >= 0.6 is 0 Å². The van der Waals surface area contributed by atoms with Crippen molar-refractivity contribution in [3.63, 3.8) is 0 Å². The van der Waals surface area contributed by atoms with E-state index in [1.54, 1.807) is 0 Å². The van der Waals surface area contributed by atoms with E-state index in [1.165, 1.54) is 36.8 Å². The molecule has 8 nitrogen and oxygen atoms in total. The number of aromatic nitrogens is 3. The van der Waals surface area contributed by atoms with E-state index in [0.717, 1.165) is 81.5 Å². The molecule has 0 atom stereocenters. The van der Waals surface area contributed by atoms with Crippen molar-refractivity contribution in [1.82, 2.24) is 19.5 Å². The van der Waals surface area contributed by atoms with Crippen LogP contribution in [0.5, 0.6) is 0 Å². The summed E-state index contributed by atoms with van der Waals surface area (Å²) >= 11 is 0. The molecule has 2 aliphatic carbocycles. The lowest BCUT2D eigenvalue weighted by atomic mass is 9.92. The molecule has 1 aliphatic heterocycles. The molecule has 0 unspecified atom stereocenters. The van der Waals surface area contributed by atoms with Crippen LogP contribution < -0.4 is 16.4 Å². The number of nitrogens with zero attached hydrogens (tertiary/aromatic N) is 4. The highest BCUT2D eigenvalue weighted by Crippen LogP contribution is 2.37. The molecule has 3 heterocycles. The first-order valence-electron chi connectivity index (χ1n) is 13.8. The molecule has 3 aliphatic rings. The van der Waals surface area contributed by atoms with Crippen molar-refractivity contribution in [1.29, 1.82) is 0 Å². The van der Waals surface area contributed by atoms with Crippen molar-refractivity contribution < 1.29 is 4.74 Å². The minimum Gasteiger partial charge on any atom is -0.379 e. The summed E-state index contributed by atoms with van der Waals surface area (Å²) in [6.45, 7) is 4.62. The van der Waals surface area contributed by atoms with Gasteiger partial charge in [0.25, 0.3) is 0 Å². The van der Waals surface area contributed by atoms with Gasteiger partial charge in [0, 0.05) is 49.0 Å². The van der Waals surface area contributed by atoms with Crippen LogP contribution in [0.3, 0.4) is 0 Å². The van der Waals surface area contributed by atoms with Crippen LogP contribution in [0, 0.1) is 0 Å². The Morgan fingerprint density at radius 3 is 2.47 bits per heavy atom. The van der Waals surface area contributed by atoms with Gasteiger partial charge in [0.05, 0.1) is 19.4 Å². The summed E-state index contributed by atoms with van der Waals surface area (Å²) in [5, 5.41) is 12.1. The number of anilines is 3. The average molecular weight is 490 g/mol. The first-order chi connectivity index (χ1) is 17.7. The molecule has 3 aromatic rings. The average Bonchev–Trinajstić information content (AvgIpc) is 3.58. The van der Waals surface area contributed by atoms with Gasteiger partial charge in [-0.1, -0.05) is 25.0 Å². The number of rotatable bonds is 7. The van der Waals surface area contributed by atoms with Gasteiger partial charge in [-0.2, -0.15) is 9.61 Å². The Balaban J connectivity index is 1.25. The Morgan fingerprint density at radius 1 is 0.972 bits per heavy atom. The minimum atomic E-state index is 0.339. The van der Waals surface area contributed by atoms with Gasteiger partial charge < -0.3 is 21.1 Å². The predicted octanol–water partition coefficient (Wildman–Crippen LogP) is 4.64. The Hall–Kier alpha value is -2.68. The quantitative estimate of drug-likeness (QED) is 0.445. The van der Waals surface area contributed by atoms with Crippen molar-refractivity contribution in [3.05, 3.63) is 47.7 Å². The third-order valence-corrected chi connectivity index (χ3v) is 8.15. The smallest absolute Gasteiger partial charge is 0.163 e. The fourth-order valence-electron chi connectivity index (χ4n) is 6.00. The highest BCUT2D eigenvalue weighted by Gasteiger charge is 2.24. The fraction of sp³-hybridized carbons (Fsp3) is 0.571. The minimum absolute atomic E-state index is 0.339. The molecular formula is C28H39N7O. The lowest BCUT2D eigenvalue weighted by Crippen LogP contribution is -2.35. The van der Waals surface area contributed by atoms with E-state index in [-0.39, 0.29) is 0 Å². The van der Waals surface area contributed by atoms with Crippen LogP contribution in [0.15, 0.2) is 36.5 Å². The number of morpholine rings is 1. The molecule has 36 heavy (non-hydrogen) atoms. The van der Waals surface area contributed by atoms with E-state index >= 15 is 0 Å². The molecule has 6 rings (SSSR count). The molecule has 1 saturated heterocycles. The normalized spacial score (nSPS) is 23.8. The van der Waals surface area contributed by atoms with Gasteiger partial charge in [0.1, 0.15) is 11.6 Å². The second-order valence-electron chi connectivity index (χ2n) is 10.8. The van der Waals surface area contributed by atoms with E-state index in [0.29, 0.717) is 18.0 Å². The van der Waals surface area contributed by atoms with Crippen LogP contribution in [-0.4, -0.2) is 57.9 Å². The maximum absolute atomic E-state index is 6.14. The van der Waals surface area contributed by atoms with Crippen LogP contribution in [0.2, 0.25) is 0 Å².